The van der Waals surface area contributed by atoms with E-state index in [1.165, 1.54) is 4.88 Å². The van der Waals surface area contributed by atoms with Crippen molar-refractivity contribution in [3.05, 3.63) is 34.9 Å². The van der Waals surface area contributed by atoms with Crippen LogP contribution in [0.5, 0.6) is 11.0 Å². The van der Waals surface area contributed by atoms with Crippen molar-refractivity contribution < 1.29 is 9.15 Å². The zero-order chi connectivity index (χ0) is 9.26. The molecule has 2 nitrogen and oxygen atoms in total. The minimum atomic E-state index is 0.555. The van der Waals surface area contributed by atoms with Crippen LogP contribution in [0.15, 0.2) is 28.7 Å². The molecular weight excluding hydrogens is 184 g/mol. The molecule has 0 atom stereocenters. The molecule has 2 aromatic rings. The number of thiophene rings is 1. The van der Waals surface area contributed by atoms with E-state index in [1.54, 1.807) is 11.3 Å². The van der Waals surface area contributed by atoms with Gasteiger partial charge in [-0.2, -0.15) is 0 Å². The van der Waals surface area contributed by atoms with Crippen LogP contribution in [0.4, 0.5) is 0 Å². The fourth-order valence-electron chi connectivity index (χ4n) is 1.03. The SMILES string of the molecule is Cc1ccc(Oc2ccc(C)s2)o1. The van der Waals surface area contributed by atoms with Gasteiger partial charge < -0.3 is 9.15 Å². The first-order chi connectivity index (χ1) is 6.24. The molecule has 68 valence electrons. The molecule has 0 aliphatic heterocycles. The van der Waals surface area contributed by atoms with Gasteiger partial charge in [0.05, 0.1) is 0 Å². The van der Waals surface area contributed by atoms with Gasteiger partial charge in [0.1, 0.15) is 5.76 Å². The van der Waals surface area contributed by atoms with E-state index >= 15 is 0 Å². The maximum atomic E-state index is 5.47. The third-order valence-corrected chi connectivity index (χ3v) is 2.51. The van der Waals surface area contributed by atoms with Crippen molar-refractivity contribution in [1.82, 2.24) is 0 Å². The van der Waals surface area contributed by atoms with Crippen LogP contribution in [0.3, 0.4) is 0 Å². The zero-order valence-electron chi connectivity index (χ0n) is 7.53. The number of rotatable bonds is 2. The summed E-state index contributed by atoms with van der Waals surface area (Å²) < 4.78 is 10.8. The predicted molar refractivity (Wildman–Crippen MR) is 52.6 cm³/mol. The normalized spacial score (nSPS) is 10.3. The molecule has 0 aliphatic carbocycles. The lowest BCUT2D eigenvalue weighted by Gasteiger charge is -1.95. The molecule has 0 N–H and O–H groups in total. The zero-order valence-corrected chi connectivity index (χ0v) is 8.35. The van der Waals surface area contributed by atoms with Gasteiger partial charge in [-0.3, -0.25) is 0 Å². The second-order valence-electron chi connectivity index (χ2n) is 2.83. The molecule has 0 saturated heterocycles. The fourth-order valence-corrected chi connectivity index (χ4v) is 1.75. The van der Waals surface area contributed by atoms with Crippen molar-refractivity contribution in [3.63, 3.8) is 0 Å². The van der Waals surface area contributed by atoms with Gasteiger partial charge in [-0.15, -0.1) is 11.3 Å². The molecule has 0 aromatic carbocycles. The number of aryl methyl sites for hydroxylation is 2. The number of hydrogen-bond acceptors (Lipinski definition) is 3. The second-order valence-corrected chi connectivity index (χ2v) is 4.08. The third-order valence-electron chi connectivity index (χ3n) is 1.63. The molecule has 0 radical (unpaired) electrons. The summed E-state index contributed by atoms with van der Waals surface area (Å²) in [7, 11) is 0. The van der Waals surface area contributed by atoms with E-state index in [1.807, 2.05) is 38.1 Å². The molecule has 0 fully saturated rings. The standard InChI is InChI=1S/C10H10O2S/c1-7-3-5-9(11-7)12-10-6-4-8(2)13-10/h3-6H,1-2H3. The first kappa shape index (κ1) is 8.38. The molecule has 13 heavy (non-hydrogen) atoms. The van der Waals surface area contributed by atoms with Gasteiger partial charge in [0.15, 0.2) is 5.06 Å². The van der Waals surface area contributed by atoms with Crippen LogP contribution >= 0.6 is 11.3 Å². The van der Waals surface area contributed by atoms with E-state index < -0.39 is 0 Å². The number of furan rings is 1. The summed E-state index contributed by atoms with van der Waals surface area (Å²) in [5, 5.41) is 0.867. The van der Waals surface area contributed by atoms with E-state index in [0.717, 1.165) is 10.8 Å². The van der Waals surface area contributed by atoms with Gasteiger partial charge in [-0.25, -0.2) is 0 Å². The maximum absolute atomic E-state index is 5.47. The summed E-state index contributed by atoms with van der Waals surface area (Å²) in [6, 6.07) is 7.67. The van der Waals surface area contributed by atoms with Crippen LogP contribution in [-0.4, -0.2) is 0 Å². The van der Waals surface area contributed by atoms with Crippen LogP contribution in [0.25, 0.3) is 0 Å². The smallest absolute Gasteiger partial charge is 0.290 e. The van der Waals surface area contributed by atoms with Crippen molar-refractivity contribution in [2.75, 3.05) is 0 Å². The summed E-state index contributed by atoms with van der Waals surface area (Å²) in [6.45, 7) is 3.94. The fraction of sp³-hybridized carbons (Fsp3) is 0.200. The molecule has 0 spiro atoms. The molecule has 2 heterocycles. The Morgan fingerprint density at radius 3 is 2.54 bits per heavy atom. The number of ether oxygens (including phenoxy) is 1. The van der Waals surface area contributed by atoms with E-state index in [9.17, 15) is 0 Å². The Kier molecular flexibility index (Phi) is 2.10. The Hall–Kier alpha value is -1.22. The van der Waals surface area contributed by atoms with Gasteiger partial charge in [-0.1, -0.05) is 0 Å². The van der Waals surface area contributed by atoms with E-state index in [4.69, 9.17) is 9.15 Å². The van der Waals surface area contributed by atoms with Crippen LogP contribution in [0, 0.1) is 13.8 Å². The van der Waals surface area contributed by atoms with Gasteiger partial charge in [0.2, 0.25) is 0 Å². The highest BCUT2D eigenvalue weighted by Crippen LogP contribution is 2.29. The highest BCUT2D eigenvalue weighted by Gasteiger charge is 2.02. The molecule has 0 saturated carbocycles. The quantitative estimate of drug-likeness (QED) is 0.726. The summed E-state index contributed by atoms with van der Waals surface area (Å²) in [6.07, 6.45) is 0. The van der Waals surface area contributed by atoms with Crippen molar-refractivity contribution in [2.45, 2.75) is 13.8 Å². The molecule has 0 aliphatic rings. The molecule has 3 heteroatoms. The highest BCUT2D eigenvalue weighted by atomic mass is 32.1. The van der Waals surface area contributed by atoms with Crippen molar-refractivity contribution in [3.8, 4) is 11.0 Å². The Balaban J connectivity index is 2.14. The molecular formula is C10H10O2S. The molecule has 0 amide bonds. The third kappa shape index (κ3) is 1.92. The lowest BCUT2D eigenvalue weighted by molar-refractivity contribution is 0.344. The average Bonchev–Trinajstić information content (AvgIpc) is 2.62. The van der Waals surface area contributed by atoms with E-state index in [0.29, 0.717) is 5.95 Å². The average molecular weight is 194 g/mol. The van der Waals surface area contributed by atoms with Crippen molar-refractivity contribution in [2.24, 2.45) is 0 Å². The van der Waals surface area contributed by atoms with Crippen LogP contribution < -0.4 is 4.74 Å². The van der Waals surface area contributed by atoms with E-state index in [2.05, 4.69) is 0 Å². The summed E-state index contributed by atoms with van der Waals surface area (Å²) in [5.41, 5.74) is 0. The summed E-state index contributed by atoms with van der Waals surface area (Å²) >= 11 is 1.61. The minimum absolute atomic E-state index is 0.555. The molecule has 2 rings (SSSR count). The van der Waals surface area contributed by atoms with Crippen LogP contribution in [0.1, 0.15) is 10.6 Å². The van der Waals surface area contributed by atoms with Crippen LogP contribution in [-0.2, 0) is 0 Å². The minimum Gasteiger partial charge on any atom is -0.431 e. The van der Waals surface area contributed by atoms with Crippen molar-refractivity contribution >= 4 is 11.3 Å². The molecule has 0 unspecified atom stereocenters. The van der Waals surface area contributed by atoms with Gasteiger partial charge in [0, 0.05) is 10.9 Å². The summed E-state index contributed by atoms with van der Waals surface area (Å²) in [4.78, 5) is 1.23. The first-order valence-electron chi connectivity index (χ1n) is 4.05. The molecule has 2 aromatic heterocycles. The first-order valence-corrected chi connectivity index (χ1v) is 4.86. The van der Waals surface area contributed by atoms with Gasteiger partial charge >= 0.3 is 0 Å². The predicted octanol–water partition coefficient (Wildman–Crippen LogP) is 3.75. The monoisotopic (exact) mass is 194 g/mol. The van der Waals surface area contributed by atoms with Gasteiger partial charge in [-0.05, 0) is 32.0 Å². The largest absolute Gasteiger partial charge is 0.431 e. The lowest BCUT2D eigenvalue weighted by Crippen LogP contribution is -1.74. The second kappa shape index (κ2) is 3.26. The topological polar surface area (TPSA) is 22.4 Å². The Morgan fingerprint density at radius 2 is 2.00 bits per heavy atom. The molecule has 0 bridgehead atoms. The number of hydrogen-bond donors (Lipinski definition) is 0. The van der Waals surface area contributed by atoms with Gasteiger partial charge in [0.25, 0.3) is 5.95 Å². The van der Waals surface area contributed by atoms with Crippen molar-refractivity contribution in [1.29, 1.82) is 0 Å². The Bertz CT molecular complexity index is 362. The Morgan fingerprint density at radius 1 is 1.15 bits per heavy atom. The highest BCUT2D eigenvalue weighted by molar-refractivity contribution is 7.13. The lowest BCUT2D eigenvalue weighted by atomic mass is 10.5. The van der Waals surface area contributed by atoms with E-state index in [-0.39, 0.29) is 0 Å². The summed E-state index contributed by atoms with van der Waals surface area (Å²) in [5.74, 6) is 1.42. The van der Waals surface area contributed by atoms with Crippen LogP contribution in [0.2, 0.25) is 0 Å². The maximum Gasteiger partial charge on any atom is 0.290 e. The Labute approximate surface area is 80.8 Å².